The van der Waals surface area contributed by atoms with E-state index >= 15 is 0 Å². The minimum Gasteiger partial charge on any atom is -0.347 e. The van der Waals surface area contributed by atoms with Crippen LogP contribution in [0.2, 0.25) is 0 Å². The largest absolute Gasteiger partial charge is 0.347 e. The van der Waals surface area contributed by atoms with Crippen molar-refractivity contribution >= 4 is 0 Å². The second-order valence-corrected chi connectivity index (χ2v) is 2.64. The second-order valence-electron chi connectivity index (χ2n) is 2.64. The molecule has 0 amide bonds. The molecule has 0 aliphatic carbocycles. The van der Waals surface area contributed by atoms with E-state index < -0.39 is 5.69 Å². The average molecular weight is 212 g/mol. The molecule has 0 unspecified atom stereocenters. The van der Waals surface area contributed by atoms with Crippen molar-refractivity contribution in [1.29, 1.82) is 0 Å². The van der Waals surface area contributed by atoms with Gasteiger partial charge in [-0.25, -0.2) is 4.79 Å². The summed E-state index contributed by atoms with van der Waals surface area (Å²) < 4.78 is 9.92. The van der Waals surface area contributed by atoms with E-state index in [1.807, 2.05) is 4.98 Å². The standard InChI is InChI=1S/C5H8O2.C4H4N2O2/c1-2-5-6-3-4-7-5;7-3-1-2-5-4(8)6-3/h2,5H,1,3-4H2;1-2H,(H2,5,6,7,8). The van der Waals surface area contributed by atoms with Crippen LogP contribution in [0.5, 0.6) is 0 Å². The number of aromatic nitrogens is 2. The molecule has 1 aliphatic rings. The van der Waals surface area contributed by atoms with Crippen molar-refractivity contribution in [3.05, 3.63) is 45.8 Å². The predicted molar refractivity (Wildman–Crippen MR) is 53.6 cm³/mol. The van der Waals surface area contributed by atoms with Crippen LogP contribution in [0, 0.1) is 0 Å². The maximum atomic E-state index is 10.2. The molecular weight excluding hydrogens is 200 g/mol. The molecule has 1 saturated heterocycles. The minimum absolute atomic E-state index is 0.139. The normalized spacial score (nSPS) is 15.5. The third kappa shape index (κ3) is 4.39. The van der Waals surface area contributed by atoms with Crippen LogP contribution in [0.4, 0.5) is 0 Å². The fraction of sp³-hybridized carbons (Fsp3) is 0.333. The second kappa shape index (κ2) is 5.94. The molecule has 2 rings (SSSR count). The van der Waals surface area contributed by atoms with E-state index in [1.165, 1.54) is 12.3 Å². The summed E-state index contributed by atoms with van der Waals surface area (Å²) in [6.45, 7) is 4.90. The van der Waals surface area contributed by atoms with Crippen molar-refractivity contribution in [1.82, 2.24) is 9.97 Å². The van der Waals surface area contributed by atoms with Gasteiger partial charge in [0.25, 0.3) is 5.56 Å². The van der Waals surface area contributed by atoms with E-state index in [0.29, 0.717) is 13.2 Å². The minimum atomic E-state index is -0.475. The molecule has 0 aromatic carbocycles. The number of aromatic amines is 2. The lowest BCUT2D eigenvalue weighted by Gasteiger charge is -1.97. The maximum absolute atomic E-state index is 10.2. The Morgan fingerprint density at radius 1 is 1.40 bits per heavy atom. The summed E-state index contributed by atoms with van der Waals surface area (Å²) in [5, 5.41) is 0. The Balaban J connectivity index is 0.000000151. The number of rotatable bonds is 1. The van der Waals surface area contributed by atoms with Crippen LogP contribution in [0.3, 0.4) is 0 Å². The van der Waals surface area contributed by atoms with Crippen molar-refractivity contribution < 1.29 is 9.47 Å². The van der Waals surface area contributed by atoms with Gasteiger partial charge in [0.2, 0.25) is 0 Å². The van der Waals surface area contributed by atoms with Gasteiger partial charge in [0.1, 0.15) is 0 Å². The van der Waals surface area contributed by atoms with Crippen LogP contribution in [0.15, 0.2) is 34.5 Å². The average Bonchev–Trinajstić information content (AvgIpc) is 2.70. The molecule has 6 nitrogen and oxygen atoms in total. The molecule has 82 valence electrons. The zero-order valence-corrected chi connectivity index (χ0v) is 8.06. The molecule has 0 saturated carbocycles. The Morgan fingerprint density at radius 3 is 2.40 bits per heavy atom. The fourth-order valence-corrected chi connectivity index (χ4v) is 0.895. The predicted octanol–water partition coefficient (Wildman–Crippen LogP) is -0.392. The van der Waals surface area contributed by atoms with Crippen LogP contribution in [-0.4, -0.2) is 29.5 Å². The zero-order chi connectivity index (χ0) is 11.1. The highest BCUT2D eigenvalue weighted by Gasteiger charge is 2.09. The van der Waals surface area contributed by atoms with Gasteiger partial charge >= 0.3 is 5.69 Å². The summed E-state index contributed by atoms with van der Waals surface area (Å²) >= 11 is 0. The van der Waals surface area contributed by atoms with Crippen LogP contribution in [0.25, 0.3) is 0 Å². The van der Waals surface area contributed by atoms with E-state index in [4.69, 9.17) is 9.47 Å². The van der Waals surface area contributed by atoms with Crippen LogP contribution >= 0.6 is 0 Å². The molecule has 0 radical (unpaired) electrons. The summed E-state index contributed by atoms with van der Waals surface area (Å²) in [5.74, 6) is 0. The van der Waals surface area contributed by atoms with E-state index in [0.717, 1.165) is 0 Å². The Bertz CT molecular complexity index is 378. The number of hydrogen-bond donors (Lipinski definition) is 2. The third-order valence-electron chi connectivity index (χ3n) is 1.53. The van der Waals surface area contributed by atoms with Crippen molar-refractivity contribution in [2.45, 2.75) is 6.29 Å². The third-order valence-corrected chi connectivity index (χ3v) is 1.53. The molecule has 0 atom stereocenters. The van der Waals surface area contributed by atoms with Gasteiger partial charge in [0, 0.05) is 12.3 Å². The Morgan fingerprint density at radius 2 is 2.07 bits per heavy atom. The lowest BCUT2D eigenvalue weighted by Crippen LogP contribution is -2.19. The van der Waals surface area contributed by atoms with E-state index in [2.05, 4.69) is 11.6 Å². The quantitative estimate of drug-likeness (QED) is 0.621. The van der Waals surface area contributed by atoms with E-state index in [9.17, 15) is 9.59 Å². The molecular formula is C9H12N2O4. The summed E-state index contributed by atoms with van der Waals surface area (Å²) in [6.07, 6.45) is 2.80. The number of nitrogens with one attached hydrogen (secondary N) is 2. The van der Waals surface area contributed by atoms with Gasteiger partial charge in [-0.05, 0) is 6.08 Å². The molecule has 0 bridgehead atoms. The first-order chi connectivity index (χ1) is 7.22. The zero-order valence-electron chi connectivity index (χ0n) is 8.06. The van der Waals surface area contributed by atoms with Gasteiger partial charge < -0.3 is 14.5 Å². The summed E-state index contributed by atoms with van der Waals surface area (Å²) in [5.41, 5.74) is -0.855. The van der Waals surface area contributed by atoms with Crippen molar-refractivity contribution in [3.63, 3.8) is 0 Å². The Hall–Kier alpha value is -1.66. The van der Waals surface area contributed by atoms with Crippen LogP contribution in [-0.2, 0) is 9.47 Å². The van der Waals surface area contributed by atoms with Gasteiger partial charge in [0.15, 0.2) is 6.29 Å². The topological polar surface area (TPSA) is 84.2 Å². The first kappa shape index (κ1) is 11.4. The first-order valence-corrected chi connectivity index (χ1v) is 4.36. The Labute approximate surface area is 85.6 Å². The van der Waals surface area contributed by atoms with Crippen molar-refractivity contribution in [3.8, 4) is 0 Å². The molecule has 6 heteroatoms. The summed E-state index contributed by atoms with van der Waals surface area (Å²) in [6, 6.07) is 1.24. The van der Waals surface area contributed by atoms with Crippen molar-refractivity contribution in [2.24, 2.45) is 0 Å². The number of H-pyrrole nitrogens is 2. The van der Waals surface area contributed by atoms with E-state index in [-0.39, 0.29) is 11.8 Å². The van der Waals surface area contributed by atoms with Gasteiger partial charge in [-0.1, -0.05) is 6.58 Å². The Kier molecular flexibility index (Phi) is 4.52. The molecule has 15 heavy (non-hydrogen) atoms. The molecule has 2 N–H and O–H groups in total. The highest BCUT2D eigenvalue weighted by Crippen LogP contribution is 2.02. The van der Waals surface area contributed by atoms with Crippen molar-refractivity contribution in [2.75, 3.05) is 13.2 Å². The highest BCUT2D eigenvalue weighted by atomic mass is 16.7. The molecule has 1 aromatic rings. The smallest absolute Gasteiger partial charge is 0.325 e. The van der Waals surface area contributed by atoms with Gasteiger partial charge in [-0.3, -0.25) is 9.78 Å². The maximum Gasteiger partial charge on any atom is 0.325 e. The fourth-order valence-electron chi connectivity index (χ4n) is 0.895. The molecule has 0 spiro atoms. The highest BCUT2D eigenvalue weighted by molar-refractivity contribution is 4.77. The number of hydrogen-bond acceptors (Lipinski definition) is 4. The lowest BCUT2D eigenvalue weighted by molar-refractivity contribution is -0.00126. The number of ether oxygens (including phenoxy) is 2. The SMILES string of the molecule is C=CC1OCCO1.O=c1cc[nH]c(=O)[nH]1. The molecule has 1 aliphatic heterocycles. The van der Waals surface area contributed by atoms with E-state index in [1.54, 1.807) is 6.08 Å². The molecule has 1 fully saturated rings. The summed E-state index contributed by atoms with van der Waals surface area (Å²) in [4.78, 5) is 24.7. The monoisotopic (exact) mass is 212 g/mol. The van der Waals surface area contributed by atoms with Gasteiger partial charge in [0.05, 0.1) is 13.2 Å². The van der Waals surface area contributed by atoms with Gasteiger partial charge in [-0.2, -0.15) is 0 Å². The lowest BCUT2D eigenvalue weighted by atomic mass is 10.6. The van der Waals surface area contributed by atoms with Gasteiger partial charge in [-0.15, -0.1) is 0 Å². The molecule has 1 aromatic heterocycles. The van der Waals surface area contributed by atoms with Crippen LogP contribution < -0.4 is 11.2 Å². The molecule has 2 heterocycles. The summed E-state index contributed by atoms with van der Waals surface area (Å²) in [7, 11) is 0. The first-order valence-electron chi connectivity index (χ1n) is 4.36. The van der Waals surface area contributed by atoms with Crippen LogP contribution in [0.1, 0.15) is 0 Å².